The van der Waals surface area contributed by atoms with Gasteiger partial charge in [0.1, 0.15) is 17.3 Å². The van der Waals surface area contributed by atoms with Crippen molar-refractivity contribution in [1.82, 2.24) is 4.90 Å². The van der Waals surface area contributed by atoms with Crippen LogP contribution in [-0.4, -0.2) is 34.8 Å². The molecule has 0 radical (unpaired) electrons. The lowest BCUT2D eigenvalue weighted by Crippen LogP contribution is -2.41. The first kappa shape index (κ1) is 22.9. The molecular formula is C26H33NO4. The van der Waals surface area contributed by atoms with Crippen molar-refractivity contribution >= 4 is 11.7 Å². The van der Waals surface area contributed by atoms with Crippen LogP contribution in [0.5, 0.6) is 11.5 Å². The summed E-state index contributed by atoms with van der Waals surface area (Å²) in [6.07, 6.45) is 6.09. The number of hydrogen-bond acceptors (Lipinski definition) is 4. The number of rotatable bonds is 10. The van der Waals surface area contributed by atoms with Gasteiger partial charge in [0.05, 0.1) is 12.6 Å². The minimum absolute atomic E-state index is 0.0372. The number of amides is 1. The molecule has 5 nitrogen and oxygen atoms in total. The number of aromatic hydroxyl groups is 1. The number of unbranched alkanes of at least 4 members (excludes halogenated alkanes) is 2. The first-order valence-corrected chi connectivity index (χ1v) is 11.4. The molecule has 1 aliphatic rings. The number of phenolic OH excluding ortho intramolecular Hbond substituents is 1. The molecule has 1 heterocycles. The van der Waals surface area contributed by atoms with E-state index >= 15 is 0 Å². The largest absolute Gasteiger partial charge is 0.507 e. The summed E-state index contributed by atoms with van der Waals surface area (Å²) in [6, 6.07) is 15.3. The number of Topliss-reactive ketones (excluding diaryl/α,β-unsaturated/α-hetero) is 1. The Morgan fingerprint density at radius 3 is 2.68 bits per heavy atom. The number of phenols is 1. The minimum atomic E-state index is -0.396. The fourth-order valence-electron chi connectivity index (χ4n) is 4.10. The Morgan fingerprint density at radius 2 is 1.94 bits per heavy atom. The van der Waals surface area contributed by atoms with E-state index < -0.39 is 6.04 Å². The summed E-state index contributed by atoms with van der Waals surface area (Å²) in [5.41, 5.74) is 1.98. The van der Waals surface area contributed by atoms with Gasteiger partial charge in [-0.1, -0.05) is 37.3 Å². The van der Waals surface area contributed by atoms with E-state index in [2.05, 4.69) is 24.3 Å². The highest BCUT2D eigenvalue weighted by molar-refractivity contribution is 5.84. The van der Waals surface area contributed by atoms with Crippen LogP contribution >= 0.6 is 0 Å². The molecule has 0 saturated carbocycles. The quantitative estimate of drug-likeness (QED) is 0.532. The van der Waals surface area contributed by atoms with Crippen LogP contribution in [0.4, 0.5) is 0 Å². The van der Waals surface area contributed by atoms with Gasteiger partial charge in [-0.05, 0) is 49.8 Å². The summed E-state index contributed by atoms with van der Waals surface area (Å²) < 4.78 is 5.81. The third-order valence-electron chi connectivity index (χ3n) is 5.80. The number of hydrogen-bond donors (Lipinski definition) is 1. The van der Waals surface area contributed by atoms with E-state index in [9.17, 15) is 14.7 Å². The molecule has 1 atom stereocenters. The van der Waals surface area contributed by atoms with Crippen molar-refractivity contribution in [3.8, 4) is 11.5 Å². The molecule has 1 N–H and O–H groups in total. The zero-order valence-electron chi connectivity index (χ0n) is 18.4. The van der Waals surface area contributed by atoms with Crippen LogP contribution in [0.3, 0.4) is 0 Å². The highest BCUT2D eigenvalue weighted by Crippen LogP contribution is 2.37. The van der Waals surface area contributed by atoms with Crippen molar-refractivity contribution < 1.29 is 19.4 Å². The van der Waals surface area contributed by atoms with E-state index in [0.29, 0.717) is 37.3 Å². The van der Waals surface area contributed by atoms with E-state index in [4.69, 9.17) is 4.74 Å². The average Bonchev–Trinajstić information content (AvgIpc) is 2.77. The zero-order valence-corrected chi connectivity index (χ0v) is 18.4. The van der Waals surface area contributed by atoms with Crippen LogP contribution in [0.2, 0.25) is 0 Å². The molecule has 1 amide bonds. The lowest BCUT2D eigenvalue weighted by atomic mass is 9.93. The molecule has 0 bridgehead atoms. The van der Waals surface area contributed by atoms with E-state index in [1.807, 2.05) is 19.1 Å². The number of ether oxygens (including phenoxy) is 1. The Kier molecular flexibility index (Phi) is 8.51. The molecule has 5 heteroatoms. The number of ketones is 1. The monoisotopic (exact) mass is 423 g/mol. The third kappa shape index (κ3) is 6.58. The van der Waals surface area contributed by atoms with Crippen LogP contribution in [0.1, 0.15) is 69.0 Å². The summed E-state index contributed by atoms with van der Waals surface area (Å²) >= 11 is 0. The smallest absolute Gasteiger partial charge is 0.223 e. The number of piperidine rings is 1. The van der Waals surface area contributed by atoms with Gasteiger partial charge in [0.25, 0.3) is 0 Å². The van der Waals surface area contributed by atoms with Gasteiger partial charge in [-0.15, -0.1) is 0 Å². The molecule has 1 fully saturated rings. The van der Waals surface area contributed by atoms with E-state index in [1.54, 1.807) is 17.0 Å². The second kappa shape index (κ2) is 11.5. The molecule has 0 aliphatic carbocycles. The molecule has 31 heavy (non-hydrogen) atoms. The Balaban J connectivity index is 1.51. The van der Waals surface area contributed by atoms with Gasteiger partial charge in [0, 0.05) is 37.4 Å². The standard InChI is InChI=1S/C26H33NO4/c1-2-9-26(30)27-16-15-21(28)18-24(27)23-14-13-22(19-25(23)29)31-17-8-4-7-12-20-10-5-3-6-11-20/h3,5-6,10-11,13-14,19,24,29H,2,4,7-9,12,15-18H2,1H3. The Morgan fingerprint density at radius 1 is 1.13 bits per heavy atom. The highest BCUT2D eigenvalue weighted by Gasteiger charge is 2.32. The van der Waals surface area contributed by atoms with Crippen molar-refractivity contribution in [3.05, 3.63) is 59.7 Å². The highest BCUT2D eigenvalue weighted by atomic mass is 16.5. The summed E-state index contributed by atoms with van der Waals surface area (Å²) in [6.45, 7) is 2.98. The predicted molar refractivity (Wildman–Crippen MR) is 121 cm³/mol. The molecule has 0 spiro atoms. The van der Waals surface area contributed by atoms with E-state index in [0.717, 1.165) is 32.1 Å². The van der Waals surface area contributed by atoms with Gasteiger partial charge in [-0.25, -0.2) is 0 Å². The van der Waals surface area contributed by atoms with Gasteiger partial charge in [0.2, 0.25) is 5.91 Å². The maximum absolute atomic E-state index is 12.5. The number of carbonyl (C=O) groups excluding carboxylic acids is 2. The lowest BCUT2D eigenvalue weighted by molar-refractivity contribution is -0.138. The first-order valence-electron chi connectivity index (χ1n) is 11.4. The predicted octanol–water partition coefficient (Wildman–Crippen LogP) is 5.22. The van der Waals surface area contributed by atoms with Crippen molar-refractivity contribution in [3.63, 3.8) is 0 Å². The summed E-state index contributed by atoms with van der Waals surface area (Å²) in [5.74, 6) is 0.851. The maximum atomic E-state index is 12.5. The fraction of sp³-hybridized carbons (Fsp3) is 0.462. The number of benzene rings is 2. The van der Waals surface area contributed by atoms with E-state index in [-0.39, 0.29) is 23.9 Å². The first-order chi connectivity index (χ1) is 15.1. The molecule has 1 saturated heterocycles. The maximum Gasteiger partial charge on any atom is 0.223 e. The van der Waals surface area contributed by atoms with Gasteiger partial charge < -0.3 is 14.7 Å². The number of nitrogens with zero attached hydrogens (tertiary/aromatic N) is 1. The van der Waals surface area contributed by atoms with E-state index in [1.165, 1.54) is 5.56 Å². The molecule has 0 aromatic heterocycles. The van der Waals surface area contributed by atoms with Gasteiger partial charge >= 0.3 is 0 Å². The number of carbonyl (C=O) groups is 2. The van der Waals surface area contributed by atoms with Crippen molar-refractivity contribution in [2.75, 3.05) is 13.2 Å². The SMILES string of the molecule is CCCC(=O)N1CCC(=O)CC1c1ccc(OCCCCCc2ccccc2)cc1O. The second-order valence-electron chi connectivity index (χ2n) is 8.21. The van der Waals surface area contributed by atoms with Crippen molar-refractivity contribution in [2.45, 2.75) is 64.3 Å². The van der Waals surface area contributed by atoms with Crippen LogP contribution in [0.15, 0.2) is 48.5 Å². The van der Waals surface area contributed by atoms with Gasteiger partial charge in [-0.3, -0.25) is 9.59 Å². The summed E-state index contributed by atoms with van der Waals surface area (Å²) in [5, 5.41) is 10.6. The van der Waals surface area contributed by atoms with Crippen LogP contribution in [0.25, 0.3) is 0 Å². The summed E-state index contributed by atoms with van der Waals surface area (Å²) in [7, 11) is 0. The molecule has 1 aliphatic heterocycles. The topological polar surface area (TPSA) is 66.8 Å². The van der Waals surface area contributed by atoms with Gasteiger partial charge in [0.15, 0.2) is 0 Å². The third-order valence-corrected chi connectivity index (χ3v) is 5.80. The molecular weight excluding hydrogens is 390 g/mol. The Hall–Kier alpha value is -2.82. The Labute approximate surface area is 185 Å². The lowest BCUT2D eigenvalue weighted by Gasteiger charge is -2.35. The van der Waals surface area contributed by atoms with Crippen LogP contribution in [-0.2, 0) is 16.0 Å². The second-order valence-corrected chi connectivity index (χ2v) is 8.21. The number of aryl methyl sites for hydroxylation is 1. The molecule has 166 valence electrons. The van der Waals surface area contributed by atoms with Crippen molar-refractivity contribution in [1.29, 1.82) is 0 Å². The molecule has 3 rings (SSSR count). The molecule has 2 aromatic rings. The summed E-state index contributed by atoms with van der Waals surface area (Å²) in [4.78, 5) is 26.3. The van der Waals surface area contributed by atoms with Crippen LogP contribution in [0, 0.1) is 0 Å². The molecule has 1 unspecified atom stereocenters. The normalized spacial score (nSPS) is 16.4. The number of likely N-dealkylation sites (tertiary alicyclic amines) is 1. The molecule has 2 aromatic carbocycles. The average molecular weight is 424 g/mol. The zero-order chi connectivity index (χ0) is 22.1. The Bertz CT molecular complexity index is 865. The van der Waals surface area contributed by atoms with Crippen LogP contribution < -0.4 is 4.74 Å². The minimum Gasteiger partial charge on any atom is -0.507 e. The fourth-order valence-corrected chi connectivity index (χ4v) is 4.10. The van der Waals surface area contributed by atoms with Gasteiger partial charge in [-0.2, -0.15) is 0 Å². The van der Waals surface area contributed by atoms with Crippen molar-refractivity contribution in [2.24, 2.45) is 0 Å².